The van der Waals surface area contributed by atoms with Gasteiger partial charge >= 0.3 is 0 Å². The van der Waals surface area contributed by atoms with E-state index in [1.165, 1.54) is 21.5 Å². The first-order valence-corrected chi connectivity index (χ1v) is 7.96. The highest BCUT2D eigenvalue weighted by Crippen LogP contribution is 2.35. The molecule has 5 aromatic rings. The lowest BCUT2D eigenvalue weighted by Crippen LogP contribution is -1.84. The zero-order valence-corrected chi connectivity index (χ0v) is 13.0. The standard InChI is InChI=1S/C21H15N3/c22-14-11-9-13(10-12-14)21-23-19-17-7-3-1-5-15(17)16-6-2-4-8-18(16)20(19)24-21/h1-12H,22H2,(H,23,24). The first-order valence-electron chi connectivity index (χ1n) is 7.96. The van der Waals surface area contributed by atoms with Gasteiger partial charge in [-0.3, -0.25) is 0 Å². The number of aromatic amines is 1. The van der Waals surface area contributed by atoms with E-state index in [2.05, 4.69) is 53.5 Å². The number of benzene rings is 4. The van der Waals surface area contributed by atoms with E-state index in [1.807, 2.05) is 24.3 Å². The van der Waals surface area contributed by atoms with Gasteiger partial charge in [-0.25, -0.2) is 4.98 Å². The molecule has 0 fully saturated rings. The molecule has 5 rings (SSSR count). The molecule has 0 amide bonds. The Labute approximate surface area is 138 Å². The van der Waals surface area contributed by atoms with Crippen LogP contribution < -0.4 is 5.73 Å². The van der Waals surface area contributed by atoms with Gasteiger partial charge in [0, 0.05) is 22.0 Å². The lowest BCUT2D eigenvalue weighted by atomic mass is 10.0. The van der Waals surface area contributed by atoms with Crippen LogP contribution in [-0.4, -0.2) is 9.97 Å². The molecule has 3 nitrogen and oxygen atoms in total. The first kappa shape index (κ1) is 13.1. The molecule has 24 heavy (non-hydrogen) atoms. The average Bonchev–Trinajstić information content (AvgIpc) is 3.08. The van der Waals surface area contributed by atoms with Crippen LogP contribution in [0.2, 0.25) is 0 Å². The lowest BCUT2D eigenvalue weighted by Gasteiger charge is -2.05. The van der Waals surface area contributed by atoms with Crippen LogP contribution in [0, 0.1) is 0 Å². The molecule has 1 aromatic heterocycles. The molecule has 1 heterocycles. The minimum absolute atomic E-state index is 0.755. The normalized spacial score (nSPS) is 11.5. The summed E-state index contributed by atoms with van der Waals surface area (Å²) in [5.74, 6) is 0.867. The maximum atomic E-state index is 5.80. The summed E-state index contributed by atoms with van der Waals surface area (Å²) in [6.45, 7) is 0. The molecule has 0 aliphatic carbocycles. The van der Waals surface area contributed by atoms with Gasteiger partial charge in [0.1, 0.15) is 5.82 Å². The van der Waals surface area contributed by atoms with Gasteiger partial charge in [-0.05, 0) is 35.0 Å². The topological polar surface area (TPSA) is 54.7 Å². The summed E-state index contributed by atoms with van der Waals surface area (Å²) in [7, 11) is 0. The molecule has 0 saturated heterocycles. The van der Waals surface area contributed by atoms with Crippen LogP contribution in [0.1, 0.15) is 0 Å². The smallest absolute Gasteiger partial charge is 0.138 e. The van der Waals surface area contributed by atoms with E-state index < -0.39 is 0 Å². The summed E-state index contributed by atoms with van der Waals surface area (Å²) in [6, 6.07) is 24.7. The van der Waals surface area contributed by atoms with Crippen LogP contribution >= 0.6 is 0 Å². The molecule has 0 saturated carbocycles. The Bertz CT molecular complexity index is 1130. The predicted molar refractivity (Wildman–Crippen MR) is 101 cm³/mol. The zero-order valence-electron chi connectivity index (χ0n) is 13.0. The molecule has 0 radical (unpaired) electrons. The molecular weight excluding hydrogens is 294 g/mol. The molecule has 3 N–H and O–H groups in total. The summed E-state index contributed by atoms with van der Waals surface area (Å²) in [4.78, 5) is 8.41. The SMILES string of the molecule is Nc1ccc(-c2nc3c4ccccc4c4ccccc4c3[nH]2)cc1. The van der Waals surface area contributed by atoms with Gasteiger partial charge in [0.15, 0.2) is 0 Å². The summed E-state index contributed by atoms with van der Waals surface area (Å²) in [6.07, 6.45) is 0. The van der Waals surface area contributed by atoms with Gasteiger partial charge in [-0.1, -0.05) is 48.5 Å². The Balaban J connectivity index is 1.93. The molecule has 4 aromatic carbocycles. The van der Waals surface area contributed by atoms with Crippen LogP contribution in [0.3, 0.4) is 0 Å². The molecule has 0 bridgehead atoms. The van der Waals surface area contributed by atoms with Crippen molar-refractivity contribution >= 4 is 38.3 Å². The van der Waals surface area contributed by atoms with Crippen molar-refractivity contribution in [2.24, 2.45) is 0 Å². The Hall–Kier alpha value is -3.33. The second-order valence-corrected chi connectivity index (χ2v) is 6.02. The molecule has 0 spiro atoms. The number of anilines is 1. The lowest BCUT2D eigenvalue weighted by molar-refractivity contribution is 1.34. The number of nitrogens with one attached hydrogen (secondary N) is 1. The summed E-state index contributed by atoms with van der Waals surface area (Å²) < 4.78 is 0. The number of rotatable bonds is 1. The number of nitrogen functional groups attached to an aromatic ring is 1. The summed E-state index contributed by atoms with van der Waals surface area (Å²) in [5.41, 5.74) is 9.68. The Morgan fingerprint density at radius 2 is 1.25 bits per heavy atom. The van der Waals surface area contributed by atoms with Crippen molar-refractivity contribution in [2.45, 2.75) is 0 Å². The molecule has 0 unspecified atom stereocenters. The average molecular weight is 309 g/mol. The fourth-order valence-corrected chi connectivity index (χ4v) is 3.40. The van der Waals surface area contributed by atoms with E-state index in [4.69, 9.17) is 10.7 Å². The molecule has 0 aliphatic rings. The van der Waals surface area contributed by atoms with Gasteiger partial charge in [-0.2, -0.15) is 0 Å². The van der Waals surface area contributed by atoms with Crippen molar-refractivity contribution in [3.8, 4) is 11.4 Å². The largest absolute Gasteiger partial charge is 0.399 e. The Morgan fingerprint density at radius 3 is 1.96 bits per heavy atom. The monoisotopic (exact) mass is 309 g/mol. The van der Waals surface area contributed by atoms with Crippen LogP contribution in [0.25, 0.3) is 44.0 Å². The fraction of sp³-hybridized carbons (Fsp3) is 0. The van der Waals surface area contributed by atoms with Crippen molar-refractivity contribution in [3.05, 3.63) is 72.8 Å². The number of nitrogens with two attached hydrogens (primary N) is 1. The maximum absolute atomic E-state index is 5.80. The molecular formula is C21H15N3. The van der Waals surface area contributed by atoms with E-state index >= 15 is 0 Å². The number of H-pyrrole nitrogens is 1. The molecule has 3 heteroatoms. The van der Waals surface area contributed by atoms with Crippen molar-refractivity contribution < 1.29 is 0 Å². The first-order chi connectivity index (χ1) is 11.8. The minimum Gasteiger partial charge on any atom is -0.399 e. The van der Waals surface area contributed by atoms with E-state index in [0.29, 0.717) is 0 Å². The van der Waals surface area contributed by atoms with Crippen molar-refractivity contribution in [1.82, 2.24) is 9.97 Å². The van der Waals surface area contributed by atoms with Gasteiger partial charge in [-0.15, -0.1) is 0 Å². The zero-order chi connectivity index (χ0) is 16.1. The van der Waals surface area contributed by atoms with E-state index in [-0.39, 0.29) is 0 Å². The Morgan fingerprint density at radius 1 is 0.667 bits per heavy atom. The predicted octanol–water partition coefficient (Wildman–Crippen LogP) is 5.12. The van der Waals surface area contributed by atoms with Gasteiger partial charge < -0.3 is 10.7 Å². The van der Waals surface area contributed by atoms with E-state index in [1.54, 1.807) is 0 Å². The number of imidazole rings is 1. The van der Waals surface area contributed by atoms with Crippen molar-refractivity contribution in [2.75, 3.05) is 5.73 Å². The number of hydrogen-bond donors (Lipinski definition) is 2. The Kier molecular flexibility index (Phi) is 2.65. The third kappa shape index (κ3) is 1.82. The maximum Gasteiger partial charge on any atom is 0.138 e. The van der Waals surface area contributed by atoms with Crippen LogP contribution in [0.4, 0.5) is 5.69 Å². The quantitative estimate of drug-likeness (QED) is 0.333. The molecule has 114 valence electrons. The number of aromatic nitrogens is 2. The highest BCUT2D eigenvalue weighted by Gasteiger charge is 2.13. The third-order valence-corrected chi connectivity index (χ3v) is 4.56. The van der Waals surface area contributed by atoms with Crippen LogP contribution in [0.5, 0.6) is 0 Å². The van der Waals surface area contributed by atoms with Crippen LogP contribution in [-0.2, 0) is 0 Å². The number of hydrogen-bond acceptors (Lipinski definition) is 2. The second kappa shape index (κ2) is 4.83. The minimum atomic E-state index is 0.755. The molecule has 0 aliphatic heterocycles. The van der Waals surface area contributed by atoms with Crippen LogP contribution in [0.15, 0.2) is 72.8 Å². The summed E-state index contributed by atoms with van der Waals surface area (Å²) in [5, 5.41) is 4.84. The second-order valence-electron chi connectivity index (χ2n) is 6.02. The number of nitrogens with zero attached hydrogens (tertiary/aromatic N) is 1. The van der Waals surface area contributed by atoms with Gasteiger partial charge in [0.05, 0.1) is 11.0 Å². The van der Waals surface area contributed by atoms with Gasteiger partial charge in [0.2, 0.25) is 0 Å². The number of fused-ring (bicyclic) bond motifs is 6. The summed E-state index contributed by atoms with van der Waals surface area (Å²) >= 11 is 0. The van der Waals surface area contributed by atoms with Crippen molar-refractivity contribution in [3.63, 3.8) is 0 Å². The van der Waals surface area contributed by atoms with E-state index in [9.17, 15) is 0 Å². The van der Waals surface area contributed by atoms with Crippen molar-refractivity contribution in [1.29, 1.82) is 0 Å². The third-order valence-electron chi connectivity index (χ3n) is 4.56. The van der Waals surface area contributed by atoms with E-state index in [0.717, 1.165) is 28.1 Å². The van der Waals surface area contributed by atoms with Gasteiger partial charge in [0.25, 0.3) is 0 Å². The molecule has 0 atom stereocenters. The highest BCUT2D eigenvalue weighted by molar-refractivity contribution is 6.23. The highest BCUT2D eigenvalue weighted by atomic mass is 14.9. The fourth-order valence-electron chi connectivity index (χ4n) is 3.40.